The maximum absolute atomic E-state index is 13.1. The first kappa shape index (κ1) is 15.3. The van der Waals surface area contributed by atoms with Crippen LogP contribution >= 0.6 is 8.73 Å². The van der Waals surface area contributed by atoms with Crippen LogP contribution in [0.1, 0.15) is 13.8 Å². The molecule has 0 spiro atoms. The average molecular weight is 235 g/mol. The van der Waals surface area contributed by atoms with E-state index in [0.717, 1.165) is 0 Å². The molecule has 0 aliphatic carbocycles. The van der Waals surface area contributed by atoms with Crippen molar-refractivity contribution in [1.82, 2.24) is 5.09 Å². The SMILES string of the molecule is [B]C(F)C(NPC)C(COC(C)C)OC. The number of hydrogen-bond donors (Lipinski definition) is 1. The molecule has 0 aromatic rings. The summed E-state index contributed by atoms with van der Waals surface area (Å²) in [6, 6.07) is -0.517. The Morgan fingerprint density at radius 2 is 2.07 bits per heavy atom. The lowest BCUT2D eigenvalue weighted by Gasteiger charge is -2.28. The second kappa shape index (κ2) is 8.46. The fourth-order valence-corrected chi connectivity index (χ4v) is 1.83. The van der Waals surface area contributed by atoms with E-state index in [1.807, 2.05) is 20.5 Å². The van der Waals surface area contributed by atoms with Crippen molar-refractivity contribution in [3.63, 3.8) is 0 Å². The van der Waals surface area contributed by atoms with Gasteiger partial charge < -0.3 is 9.47 Å². The lowest BCUT2D eigenvalue weighted by atomic mass is 9.91. The van der Waals surface area contributed by atoms with Gasteiger partial charge in [-0.2, -0.15) is 0 Å². The molecule has 0 saturated carbocycles. The third-order valence-corrected chi connectivity index (χ3v) is 2.57. The highest BCUT2D eigenvalue weighted by atomic mass is 31.1. The summed E-state index contributed by atoms with van der Waals surface area (Å²) in [5, 5.41) is 2.98. The molecule has 0 fully saturated rings. The molecule has 0 saturated heterocycles. The molecule has 0 bridgehead atoms. The van der Waals surface area contributed by atoms with Crippen molar-refractivity contribution in [1.29, 1.82) is 0 Å². The molecule has 0 amide bonds. The van der Waals surface area contributed by atoms with Gasteiger partial charge in [-0.25, -0.2) is 0 Å². The van der Waals surface area contributed by atoms with E-state index in [2.05, 4.69) is 5.09 Å². The smallest absolute Gasteiger partial charge is 0.118 e. The van der Waals surface area contributed by atoms with Crippen LogP contribution in [0, 0.1) is 0 Å². The Labute approximate surface area is 94.7 Å². The van der Waals surface area contributed by atoms with Gasteiger partial charge in [0, 0.05) is 7.11 Å². The summed E-state index contributed by atoms with van der Waals surface area (Å²) in [7, 11) is 7.20. The third-order valence-electron chi connectivity index (χ3n) is 1.95. The Hall–Kier alpha value is 0.305. The Morgan fingerprint density at radius 1 is 1.47 bits per heavy atom. The molecule has 1 N–H and O–H groups in total. The lowest BCUT2D eigenvalue weighted by Crippen LogP contribution is -2.47. The Kier molecular flexibility index (Phi) is 8.63. The molecule has 88 valence electrons. The van der Waals surface area contributed by atoms with Crippen molar-refractivity contribution in [3.8, 4) is 0 Å². The van der Waals surface area contributed by atoms with Crippen LogP contribution < -0.4 is 5.09 Å². The first-order chi connectivity index (χ1) is 7.02. The van der Waals surface area contributed by atoms with Crippen LogP contribution in [0.3, 0.4) is 0 Å². The molecule has 3 nitrogen and oxygen atoms in total. The predicted octanol–water partition coefficient (Wildman–Crippen LogP) is 1.07. The van der Waals surface area contributed by atoms with Gasteiger partial charge in [0.25, 0.3) is 0 Å². The molecule has 4 atom stereocenters. The van der Waals surface area contributed by atoms with Crippen molar-refractivity contribution in [2.75, 3.05) is 20.4 Å². The topological polar surface area (TPSA) is 30.5 Å². The van der Waals surface area contributed by atoms with Crippen LogP contribution in [0.4, 0.5) is 4.39 Å². The number of methoxy groups -OCH3 is 1. The van der Waals surface area contributed by atoms with Crippen LogP contribution in [0.15, 0.2) is 0 Å². The normalized spacial score (nSPS) is 18.5. The predicted molar refractivity (Wildman–Crippen MR) is 63.7 cm³/mol. The molecule has 0 aliphatic heterocycles. The van der Waals surface area contributed by atoms with E-state index >= 15 is 0 Å². The summed E-state index contributed by atoms with van der Waals surface area (Å²) >= 11 is 0. The number of halogens is 1. The summed E-state index contributed by atoms with van der Waals surface area (Å²) in [4.78, 5) is 0. The number of hydrogen-bond acceptors (Lipinski definition) is 3. The molecular formula is C9H20BFNO2P. The maximum Gasteiger partial charge on any atom is 0.118 e. The highest BCUT2D eigenvalue weighted by Gasteiger charge is 2.26. The van der Waals surface area contributed by atoms with Crippen LogP contribution in [0.25, 0.3) is 0 Å². The zero-order valence-corrected chi connectivity index (χ0v) is 10.8. The molecular weight excluding hydrogens is 215 g/mol. The molecule has 2 radical (unpaired) electrons. The van der Waals surface area contributed by atoms with Gasteiger partial charge in [0.15, 0.2) is 0 Å². The highest BCUT2D eigenvalue weighted by Crippen LogP contribution is 2.11. The monoisotopic (exact) mass is 235 g/mol. The first-order valence-corrected chi connectivity index (χ1v) is 6.49. The fraction of sp³-hybridized carbons (Fsp3) is 1.00. The number of nitrogens with one attached hydrogen (secondary N) is 1. The second-order valence-corrected chi connectivity index (χ2v) is 4.31. The van der Waals surface area contributed by atoms with Gasteiger partial charge in [-0.05, 0) is 20.5 Å². The van der Waals surface area contributed by atoms with Gasteiger partial charge in [0.2, 0.25) is 0 Å². The van der Waals surface area contributed by atoms with Gasteiger partial charge in [-0.1, -0.05) is 8.73 Å². The summed E-state index contributed by atoms with van der Waals surface area (Å²) in [5.74, 6) is 0. The first-order valence-electron chi connectivity index (χ1n) is 4.99. The van der Waals surface area contributed by atoms with E-state index in [4.69, 9.17) is 17.3 Å². The zero-order chi connectivity index (χ0) is 11.8. The molecule has 15 heavy (non-hydrogen) atoms. The van der Waals surface area contributed by atoms with Crippen molar-refractivity contribution in [2.45, 2.75) is 38.2 Å². The highest BCUT2D eigenvalue weighted by molar-refractivity contribution is 7.34. The van der Waals surface area contributed by atoms with Crippen molar-refractivity contribution in [3.05, 3.63) is 0 Å². The molecule has 6 heteroatoms. The second-order valence-electron chi connectivity index (χ2n) is 3.52. The summed E-state index contributed by atoms with van der Waals surface area (Å²) in [5.41, 5.74) is 0. The molecule has 0 aliphatic rings. The Bertz CT molecular complexity index is 163. The van der Waals surface area contributed by atoms with Gasteiger partial charge >= 0.3 is 0 Å². The molecule has 0 heterocycles. The average Bonchev–Trinajstić information content (AvgIpc) is 2.16. The summed E-state index contributed by atoms with van der Waals surface area (Å²) in [6.45, 7) is 6.11. The van der Waals surface area contributed by atoms with Crippen LogP contribution in [-0.2, 0) is 9.47 Å². The number of rotatable bonds is 8. The van der Waals surface area contributed by atoms with E-state index in [0.29, 0.717) is 15.3 Å². The van der Waals surface area contributed by atoms with Crippen LogP contribution in [-0.4, -0.2) is 52.5 Å². The van der Waals surface area contributed by atoms with Crippen molar-refractivity contribution >= 4 is 16.6 Å². The standard InChI is InChI=1S/C9H20BFNO2P/c1-6(2)14-5-7(13-3)8(9(10)11)12-15-4/h6-9,12,15H,5H2,1-4H3. The third kappa shape index (κ3) is 6.46. The van der Waals surface area contributed by atoms with Gasteiger partial charge in [0.05, 0.1) is 30.9 Å². The minimum atomic E-state index is -1.45. The summed E-state index contributed by atoms with van der Waals surface area (Å²) in [6.07, 6.45) is -1.71. The van der Waals surface area contributed by atoms with Gasteiger partial charge in [-0.3, -0.25) is 9.48 Å². The minimum absolute atomic E-state index is 0.100. The molecule has 4 unspecified atom stereocenters. The van der Waals surface area contributed by atoms with Gasteiger partial charge in [-0.15, -0.1) is 0 Å². The van der Waals surface area contributed by atoms with Crippen molar-refractivity contribution in [2.24, 2.45) is 0 Å². The molecule has 0 rings (SSSR count). The molecule has 0 aromatic heterocycles. The largest absolute Gasteiger partial charge is 0.377 e. The minimum Gasteiger partial charge on any atom is -0.377 e. The van der Waals surface area contributed by atoms with E-state index in [9.17, 15) is 4.39 Å². The van der Waals surface area contributed by atoms with Crippen LogP contribution in [0.2, 0.25) is 0 Å². The van der Waals surface area contributed by atoms with E-state index < -0.39 is 12.1 Å². The summed E-state index contributed by atoms with van der Waals surface area (Å²) < 4.78 is 23.7. The number of ether oxygens (including phenoxy) is 2. The van der Waals surface area contributed by atoms with Crippen molar-refractivity contribution < 1.29 is 13.9 Å². The van der Waals surface area contributed by atoms with E-state index in [1.165, 1.54) is 7.11 Å². The molecule has 0 aromatic carbocycles. The maximum atomic E-state index is 13.1. The van der Waals surface area contributed by atoms with E-state index in [-0.39, 0.29) is 12.2 Å². The van der Waals surface area contributed by atoms with Gasteiger partial charge in [0.1, 0.15) is 7.85 Å². The fourth-order valence-electron chi connectivity index (χ4n) is 1.15. The lowest BCUT2D eigenvalue weighted by molar-refractivity contribution is -0.0339. The quantitative estimate of drug-likeness (QED) is 0.504. The van der Waals surface area contributed by atoms with Crippen LogP contribution in [0.5, 0.6) is 0 Å². The van der Waals surface area contributed by atoms with E-state index in [1.54, 1.807) is 0 Å². The Balaban J connectivity index is 4.18. The number of alkyl halides is 1. The zero-order valence-electron chi connectivity index (χ0n) is 9.79. The Morgan fingerprint density at radius 3 is 2.40 bits per heavy atom.